The van der Waals surface area contributed by atoms with Crippen LogP contribution in [0.15, 0.2) is 47.6 Å². The minimum absolute atomic E-state index is 0.128. The summed E-state index contributed by atoms with van der Waals surface area (Å²) >= 11 is 0. The predicted molar refractivity (Wildman–Crippen MR) is 97.4 cm³/mol. The molecule has 1 heterocycles. The van der Waals surface area contributed by atoms with Gasteiger partial charge in [0.25, 0.3) is 0 Å². The molecule has 0 amide bonds. The molecule has 1 aliphatic carbocycles. The fraction of sp³-hybridized carbons (Fsp3) is 0.500. The van der Waals surface area contributed by atoms with E-state index in [1.807, 2.05) is 13.0 Å². The SMILES string of the molecule is C=C(C(=O)O[C@@H]1C[C@H]2C(=C)C(=O)O[C@@H]2/C=C(/CO)CC/C=C/1C)[C@H](O)CO. The highest BCUT2D eigenvalue weighted by atomic mass is 16.6. The minimum Gasteiger partial charge on any atom is -0.454 e. The van der Waals surface area contributed by atoms with Gasteiger partial charge in [-0.3, -0.25) is 0 Å². The van der Waals surface area contributed by atoms with Crippen molar-refractivity contribution < 1.29 is 34.4 Å². The standard InChI is InChI=1S/C20H26O7/c1-11-5-4-6-14(9-21)7-18-15(12(2)19(24)27-18)8-17(11)26-20(25)13(3)16(23)10-22/h5,7,15-18,21-23H,2-4,6,8-10H2,1H3/b11-5+,14-7+/t15-,16+,17+,18+/m0/s1. The summed E-state index contributed by atoms with van der Waals surface area (Å²) < 4.78 is 10.9. The summed E-state index contributed by atoms with van der Waals surface area (Å²) in [5.41, 5.74) is 1.60. The Balaban J connectivity index is 2.27. The molecule has 27 heavy (non-hydrogen) atoms. The number of rotatable bonds is 5. The third-order valence-electron chi connectivity index (χ3n) is 4.95. The van der Waals surface area contributed by atoms with Gasteiger partial charge in [-0.25, -0.2) is 9.59 Å². The van der Waals surface area contributed by atoms with E-state index in [1.165, 1.54) is 0 Å². The van der Waals surface area contributed by atoms with Crippen LogP contribution in [0.25, 0.3) is 0 Å². The molecule has 4 atom stereocenters. The molecule has 1 fully saturated rings. The molecule has 0 saturated carbocycles. The first-order chi connectivity index (χ1) is 12.8. The van der Waals surface area contributed by atoms with Gasteiger partial charge in [0.1, 0.15) is 18.3 Å². The first-order valence-corrected chi connectivity index (χ1v) is 8.84. The van der Waals surface area contributed by atoms with Crippen molar-refractivity contribution in [1.82, 2.24) is 0 Å². The number of aliphatic hydroxyl groups is 3. The van der Waals surface area contributed by atoms with Crippen molar-refractivity contribution in [2.75, 3.05) is 13.2 Å². The average Bonchev–Trinajstić information content (AvgIpc) is 2.92. The first kappa shape index (κ1) is 21.1. The molecule has 0 bridgehead atoms. The highest BCUT2D eigenvalue weighted by Crippen LogP contribution is 2.35. The molecule has 2 rings (SSSR count). The summed E-state index contributed by atoms with van der Waals surface area (Å²) in [6.45, 7) is 8.31. The van der Waals surface area contributed by atoms with Gasteiger partial charge in [-0.1, -0.05) is 19.2 Å². The topological polar surface area (TPSA) is 113 Å². The molecule has 7 heteroatoms. The molecule has 7 nitrogen and oxygen atoms in total. The molecule has 0 unspecified atom stereocenters. The van der Waals surface area contributed by atoms with Gasteiger partial charge in [-0.15, -0.1) is 0 Å². The Morgan fingerprint density at radius 1 is 1.44 bits per heavy atom. The molecule has 0 aromatic heterocycles. The number of ether oxygens (including phenoxy) is 2. The summed E-state index contributed by atoms with van der Waals surface area (Å²) in [6, 6.07) is 0. The van der Waals surface area contributed by atoms with E-state index in [9.17, 15) is 19.8 Å². The van der Waals surface area contributed by atoms with E-state index in [-0.39, 0.29) is 24.2 Å². The van der Waals surface area contributed by atoms with E-state index >= 15 is 0 Å². The molecule has 1 aliphatic heterocycles. The molecule has 0 aromatic carbocycles. The third-order valence-corrected chi connectivity index (χ3v) is 4.95. The van der Waals surface area contributed by atoms with Crippen molar-refractivity contribution in [3.05, 3.63) is 47.6 Å². The molecule has 0 aromatic rings. The Hall–Kier alpha value is -2.22. The van der Waals surface area contributed by atoms with Crippen LogP contribution in [-0.4, -0.2) is 58.8 Å². The quantitative estimate of drug-likeness (QED) is 0.371. The molecule has 1 saturated heterocycles. The van der Waals surface area contributed by atoms with E-state index in [1.54, 1.807) is 6.08 Å². The highest BCUT2D eigenvalue weighted by molar-refractivity contribution is 5.91. The van der Waals surface area contributed by atoms with Crippen LogP contribution >= 0.6 is 0 Å². The maximum Gasteiger partial charge on any atom is 0.336 e. The van der Waals surface area contributed by atoms with Crippen LogP contribution in [0, 0.1) is 5.92 Å². The Morgan fingerprint density at radius 2 is 2.15 bits per heavy atom. The molecule has 3 N–H and O–H groups in total. The van der Waals surface area contributed by atoms with Gasteiger partial charge in [0.05, 0.1) is 18.8 Å². The van der Waals surface area contributed by atoms with Gasteiger partial charge in [-0.05, 0) is 43.4 Å². The number of hydrogen-bond donors (Lipinski definition) is 3. The van der Waals surface area contributed by atoms with Crippen molar-refractivity contribution >= 4 is 11.9 Å². The van der Waals surface area contributed by atoms with Crippen LogP contribution in [0.1, 0.15) is 26.2 Å². The summed E-state index contributed by atoms with van der Waals surface area (Å²) in [6.07, 6.45) is 2.48. The summed E-state index contributed by atoms with van der Waals surface area (Å²) in [5.74, 6) is -1.73. The number of esters is 2. The van der Waals surface area contributed by atoms with E-state index in [0.717, 1.165) is 11.1 Å². The summed E-state index contributed by atoms with van der Waals surface area (Å²) in [7, 11) is 0. The number of hydrogen-bond acceptors (Lipinski definition) is 7. The monoisotopic (exact) mass is 378 g/mol. The third kappa shape index (κ3) is 4.94. The van der Waals surface area contributed by atoms with Crippen LogP contribution in [0.5, 0.6) is 0 Å². The van der Waals surface area contributed by atoms with Crippen molar-refractivity contribution in [2.24, 2.45) is 5.92 Å². The lowest BCUT2D eigenvalue weighted by Gasteiger charge is -2.26. The van der Waals surface area contributed by atoms with Gasteiger partial charge >= 0.3 is 11.9 Å². The van der Waals surface area contributed by atoms with Crippen LogP contribution < -0.4 is 0 Å². The molecule has 0 radical (unpaired) electrons. The Labute approximate surface area is 158 Å². The zero-order valence-corrected chi connectivity index (χ0v) is 15.4. The van der Waals surface area contributed by atoms with Gasteiger partial charge in [0, 0.05) is 11.5 Å². The van der Waals surface area contributed by atoms with Gasteiger partial charge in [0.15, 0.2) is 0 Å². The number of carbonyl (C=O) groups excluding carboxylic acids is 2. The van der Waals surface area contributed by atoms with E-state index in [2.05, 4.69) is 13.2 Å². The van der Waals surface area contributed by atoms with Crippen molar-refractivity contribution in [2.45, 2.75) is 44.5 Å². The number of fused-ring (bicyclic) bond motifs is 1. The fourth-order valence-corrected chi connectivity index (χ4v) is 3.13. The molecule has 0 spiro atoms. The summed E-state index contributed by atoms with van der Waals surface area (Å²) in [4.78, 5) is 24.2. The molecular formula is C20H26O7. The lowest BCUT2D eigenvalue weighted by atomic mass is 9.86. The normalized spacial score (nSPS) is 30.9. The minimum atomic E-state index is -1.39. The molecule has 2 aliphatic rings. The molecule has 148 valence electrons. The summed E-state index contributed by atoms with van der Waals surface area (Å²) in [5, 5.41) is 28.1. The second-order valence-corrected chi connectivity index (χ2v) is 6.82. The second kappa shape index (κ2) is 9.12. The maximum absolute atomic E-state index is 12.3. The average molecular weight is 378 g/mol. The lowest BCUT2D eigenvalue weighted by molar-refractivity contribution is -0.145. The number of carbonyl (C=O) groups is 2. The fourth-order valence-electron chi connectivity index (χ4n) is 3.13. The number of allylic oxidation sites excluding steroid dienone is 1. The Kier molecular flexibility index (Phi) is 7.12. The van der Waals surface area contributed by atoms with Gasteiger partial charge in [-0.2, -0.15) is 0 Å². The van der Waals surface area contributed by atoms with Crippen LogP contribution in [0.4, 0.5) is 0 Å². The van der Waals surface area contributed by atoms with Crippen molar-refractivity contribution in [3.63, 3.8) is 0 Å². The zero-order chi connectivity index (χ0) is 20.1. The maximum atomic E-state index is 12.3. The van der Waals surface area contributed by atoms with E-state index in [0.29, 0.717) is 12.8 Å². The van der Waals surface area contributed by atoms with Crippen LogP contribution in [0.2, 0.25) is 0 Å². The highest BCUT2D eigenvalue weighted by Gasteiger charge is 2.40. The molecular weight excluding hydrogens is 352 g/mol. The largest absolute Gasteiger partial charge is 0.454 e. The van der Waals surface area contributed by atoms with E-state index in [4.69, 9.17) is 14.6 Å². The smallest absolute Gasteiger partial charge is 0.336 e. The number of aliphatic hydroxyl groups excluding tert-OH is 3. The first-order valence-electron chi connectivity index (χ1n) is 8.84. The zero-order valence-electron chi connectivity index (χ0n) is 15.4. The van der Waals surface area contributed by atoms with Gasteiger partial charge in [0.2, 0.25) is 0 Å². The lowest BCUT2D eigenvalue weighted by Crippen LogP contribution is -2.30. The van der Waals surface area contributed by atoms with Crippen molar-refractivity contribution in [1.29, 1.82) is 0 Å². The van der Waals surface area contributed by atoms with Crippen LogP contribution in [-0.2, 0) is 19.1 Å². The Morgan fingerprint density at radius 3 is 2.78 bits per heavy atom. The van der Waals surface area contributed by atoms with Crippen LogP contribution in [0.3, 0.4) is 0 Å². The van der Waals surface area contributed by atoms with Gasteiger partial charge < -0.3 is 24.8 Å². The predicted octanol–water partition coefficient (Wildman–Crippen LogP) is 0.954. The van der Waals surface area contributed by atoms with E-state index < -0.39 is 42.8 Å². The second-order valence-electron chi connectivity index (χ2n) is 6.82. The Bertz CT molecular complexity index is 688. The van der Waals surface area contributed by atoms with Crippen molar-refractivity contribution in [3.8, 4) is 0 Å².